The van der Waals surface area contributed by atoms with Crippen LogP contribution in [0.5, 0.6) is 0 Å². The van der Waals surface area contributed by atoms with Crippen molar-refractivity contribution in [1.82, 2.24) is 0 Å². The molecule has 326 valence electrons. The first-order valence-corrected chi connectivity index (χ1v) is 22.3. The van der Waals surface area contributed by atoms with E-state index in [2.05, 4.69) is 23.3 Å². The molecule has 0 fully saturated rings. The van der Waals surface area contributed by atoms with Crippen LogP contribution in [-0.2, 0) is 38.2 Å². The molecule has 0 aliphatic rings. The van der Waals surface area contributed by atoms with E-state index in [9.17, 15) is 34.2 Å². The molecule has 0 aromatic rings. The number of hydrogen-bond acceptors (Lipinski definition) is 10. The first kappa shape index (κ1) is 61.3. The molecule has 10 nitrogen and oxygen atoms in total. The summed E-state index contributed by atoms with van der Waals surface area (Å²) in [7, 11) is 0. The summed E-state index contributed by atoms with van der Waals surface area (Å²) in [6, 6.07) is 0. The molecular weight excluding hydrogens is 741 g/mol. The first-order chi connectivity index (χ1) is 26.5. The van der Waals surface area contributed by atoms with Gasteiger partial charge in [0, 0.05) is 32.7 Å². The van der Waals surface area contributed by atoms with Crippen molar-refractivity contribution < 1.29 is 48.4 Å². The number of carbonyl (C=O) groups excluding carboxylic acids is 5. The van der Waals surface area contributed by atoms with Crippen LogP contribution in [-0.4, -0.2) is 86.9 Å². The zero-order valence-corrected chi connectivity index (χ0v) is 39.1. The zero-order valence-electron chi connectivity index (χ0n) is 36.9. The Labute approximate surface area is 373 Å². The fourth-order valence-electron chi connectivity index (χ4n) is 6.05. The second kappa shape index (κ2) is 51.6. The van der Waals surface area contributed by atoms with Crippen molar-refractivity contribution in [2.45, 2.75) is 246 Å². The van der Waals surface area contributed by atoms with Crippen molar-refractivity contribution in [3.8, 4) is 0 Å². The van der Waals surface area contributed by atoms with Crippen LogP contribution < -0.4 is 10.2 Å². The third-order valence-corrected chi connectivity index (χ3v) is 9.25. The molecule has 0 unspecified atom stereocenters. The largest absolute Gasteiger partial charge is 2.00 e. The van der Waals surface area contributed by atoms with E-state index in [-0.39, 0.29) is 63.8 Å². The van der Waals surface area contributed by atoms with E-state index in [0.29, 0.717) is 0 Å². The average Bonchev–Trinajstić information content (AvgIpc) is 3.12. The molecule has 0 rings (SSSR count). The second-order valence-corrected chi connectivity index (χ2v) is 15.0. The number of carbonyl (C=O) groups is 5. The predicted molar refractivity (Wildman–Crippen MR) is 224 cm³/mol. The first-order valence-electron chi connectivity index (χ1n) is 22.3. The molecule has 0 spiro atoms. The monoisotopic (exact) mass is 825 g/mol. The summed E-state index contributed by atoms with van der Waals surface area (Å²) in [6.45, 7) is 7.97. The summed E-state index contributed by atoms with van der Waals surface area (Å²) in [4.78, 5) is 52.1. The second-order valence-electron chi connectivity index (χ2n) is 15.0. The number of rotatable bonds is 37. The van der Waals surface area contributed by atoms with Crippen molar-refractivity contribution in [3.05, 3.63) is 0 Å². The van der Waals surface area contributed by atoms with Gasteiger partial charge in [0.2, 0.25) is 0 Å². The van der Waals surface area contributed by atoms with Crippen molar-refractivity contribution in [1.29, 1.82) is 0 Å². The molecular formula is C45H84CaO10. The summed E-state index contributed by atoms with van der Waals surface area (Å²) in [6.07, 6.45) is 39.0. The van der Waals surface area contributed by atoms with Crippen molar-refractivity contribution in [2.24, 2.45) is 0 Å². The van der Waals surface area contributed by atoms with Crippen LogP contribution in [0.1, 0.15) is 240 Å². The smallest absolute Gasteiger partial charge is 0.550 e. The van der Waals surface area contributed by atoms with Crippen molar-refractivity contribution in [2.75, 3.05) is 13.2 Å². The van der Waals surface area contributed by atoms with Gasteiger partial charge in [-0.3, -0.25) is 14.4 Å². The van der Waals surface area contributed by atoms with Crippen LogP contribution in [0.15, 0.2) is 0 Å². The van der Waals surface area contributed by atoms with Crippen molar-refractivity contribution in [3.63, 3.8) is 0 Å². The number of esters is 3. The quantitative estimate of drug-likeness (QED) is 0.0256. The number of hydrogen-bond donors (Lipinski definition) is 0. The fraction of sp³-hybridized carbons (Fsp3) is 0.889. The number of carboxylic acid groups (broad SMARTS) is 2. The van der Waals surface area contributed by atoms with E-state index in [1.807, 2.05) is 0 Å². The van der Waals surface area contributed by atoms with Gasteiger partial charge in [-0.05, 0) is 25.7 Å². The summed E-state index contributed by atoms with van der Waals surface area (Å²) < 4.78 is 14.0. The molecule has 0 aromatic heterocycles. The van der Waals surface area contributed by atoms with Gasteiger partial charge in [0.15, 0.2) is 6.10 Å². The number of ether oxygens (including phenoxy) is 3. The number of unbranched alkanes of at least 4 members (excludes halogenated alkanes) is 28. The maximum absolute atomic E-state index is 10.6. The Hall–Kier alpha value is -1.39. The Bertz CT molecular complexity index is 821. The summed E-state index contributed by atoms with van der Waals surface area (Å²) in [5.74, 6) is -3.32. The Kier molecular flexibility index (Phi) is 56.5. The normalized spacial score (nSPS) is 10.3. The van der Waals surface area contributed by atoms with Crippen LogP contribution in [0.4, 0.5) is 0 Å². The van der Waals surface area contributed by atoms with Gasteiger partial charge < -0.3 is 34.0 Å². The van der Waals surface area contributed by atoms with E-state index < -0.39 is 36.0 Å². The maximum Gasteiger partial charge on any atom is 2.00 e. The number of aliphatic carboxylic acids is 2. The molecule has 11 heteroatoms. The van der Waals surface area contributed by atoms with E-state index in [4.69, 9.17) is 4.74 Å². The number of carboxylic acids is 2. The minimum Gasteiger partial charge on any atom is -0.550 e. The van der Waals surface area contributed by atoms with Gasteiger partial charge in [0.1, 0.15) is 13.2 Å². The van der Waals surface area contributed by atoms with Crippen molar-refractivity contribution >= 4 is 67.6 Å². The Morgan fingerprint density at radius 3 is 0.768 bits per heavy atom. The maximum atomic E-state index is 10.6. The molecule has 0 amide bonds. The van der Waals surface area contributed by atoms with Gasteiger partial charge in [-0.2, -0.15) is 0 Å². The zero-order chi connectivity index (χ0) is 41.6. The summed E-state index contributed by atoms with van der Waals surface area (Å²) in [5.41, 5.74) is 0. The minimum absolute atomic E-state index is 0. The molecule has 0 heterocycles. The fourth-order valence-corrected chi connectivity index (χ4v) is 6.05. The van der Waals surface area contributed by atoms with Gasteiger partial charge in [-0.1, -0.05) is 194 Å². The van der Waals surface area contributed by atoms with Crippen LogP contribution in [0.2, 0.25) is 0 Å². The van der Waals surface area contributed by atoms with E-state index in [1.165, 1.54) is 188 Å². The molecule has 0 bridgehead atoms. The molecule has 0 saturated heterocycles. The molecule has 0 atom stereocenters. The molecule has 0 N–H and O–H groups in total. The molecule has 0 aliphatic heterocycles. The van der Waals surface area contributed by atoms with E-state index >= 15 is 0 Å². The molecule has 0 aliphatic carbocycles. The minimum atomic E-state index is -0.903. The molecule has 56 heavy (non-hydrogen) atoms. The van der Waals surface area contributed by atoms with Crippen LogP contribution in [0, 0.1) is 0 Å². The van der Waals surface area contributed by atoms with Gasteiger partial charge in [0.05, 0.1) is 0 Å². The molecule has 0 radical (unpaired) electrons. The van der Waals surface area contributed by atoms with Gasteiger partial charge in [-0.15, -0.1) is 0 Å². The average molecular weight is 825 g/mol. The topological polar surface area (TPSA) is 159 Å². The van der Waals surface area contributed by atoms with E-state index in [0.717, 1.165) is 25.7 Å². The Morgan fingerprint density at radius 1 is 0.375 bits per heavy atom. The van der Waals surface area contributed by atoms with Crippen LogP contribution in [0.3, 0.4) is 0 Å². The Morgan fingerprint density at radius 2 is 0.589 bits per heavy atom. The van der Waals surface area contributed by atoms with E-state index in [1.54, 1.807) is 0 Å². The molecule has 0 aromatic carbocycles. The Balaban J connectivity index is -0.000000363. The summed E-state index contributed by atoms with van der Waals surface area (Å²) in [5, 5.41) is 20.4. The van der Waals surface area contributed by atoms with Gasteiger partial charge in [-0.25, -0.2) is 0 Å². The third kappa shape index (κ3) is 64.5. The van der Waals surface area contributed by atoms with Crippen LogP contribution >= 0.6 is 0 Å². The third-order valence-electron chi connectivity index (χ3n) is 9.25. The standard InChI is InChI=1S/2C18H36O2.C9H14O6.Ca/c2*1-2-3-4-5-6-7-8-9-10-11-12-13-14-15-16-17-18(19)20;1-6(10)13-4-9(15-8(3)12)5-14-7(2)11;/h2*2-17H2,1H3,(H,19,20);9H,4-5H2,1-3H3;/q;;;+2/p-2. The van der Waals surface area contributed by atoms with Crippen LogP contribution in [0.25, 0.3) is 0 Å². The summed E-state index contributed by atoms with van der Waals surface area (Å²) >= 11 is 0. The SMILES string of the molecule is CC(=O)OCC(COC(C)=O)OC(C)=O.CCCCCCCCCCCCCCCCCC(=O)[O-].CCCCCCCCCCCCCCCCCC(=O)[O-].[Ca+2]. The predicted octanol–water partition coefficient (Wildman–Crippen LogP) is 9.66. The molecule has 0 saturated carbocycles. The van der Waals surface area contributed by atoms with Gasteiger partial charge in [0.25, 0.3) is 0 Å². The van der Waals surface area contributed by atoms with Gasteiger partial charge >= 0.3 is 55.6 Å².